The Bertz CT molecular complexity index is 1140. The number of rotatable bonds is 2. The highest BCUT2D eigenvalue weighted by Gasteiger charge is 2.11. The van der Waals surface area contributed by atoms with E-state index in [4.69, 9.17) is 0 Å². The zero-order valence-electron chi connectivity index (χ0n) is 13.6. The monoisotopic (exact) mass is 336 g/mol. The van der Waals surface area contributed by atoms with E-state index in [1.165, 1.54) is 27.0 Å². The molecule has 0 spiro atoms. The molecule has 2 heterocycles. The molecule has 6 heteroatoms. The number of aryl methyl sites for hydroxylation is 3. The second kappa shape index (κ2) is 5.42. The number of hydrogen-bond acceptors (Lipinski definition) is 5. The van der Waals surface area contributed by atoms with E-state index in [0.717, 1.165) is 11.3 Å². The second-order valence-electron chi connectivity index (χ2n) is 5.96. The smallest absolute Gasteiger partial charge is 0.283 e. The van der Waals surface area contributed by atoms with Gasteiger partial charge in [-0.3, -0.25) is 4.79 Å². The maximum absolute atomic E-state index is 12.6. The van der Waals surface area contributed by atoms with Gasteiger partial charge in [-0.05, 0) is 56.2 Å². The molecule has 4 rings (SSSR count). The van der Waals surface area contributed by atoms with Crippen LogP contribution in [-0.2, 0) is 0 Å². The number of anilines is 2. The third-order valence-corrected chi connectivity index (χ3v) is 4.93. The van der Waals surface area contributed by atoms with Crippen LogP contribution in [0.25, 0.3) is 15.9 Å². The second-order valence-corrected chi connectivity index (χ2v) is 6.92. The third kappa shape index (κ3) is 2.45. The topological polar surface area (TPSA) is 59.3 Å². The van der Waals surface area contributed by atoms with Crippen LogP contribution in [0.15, 0.2) is 41.2 Å². The van der Waals surface area contributed by atoms with Crippen LogP contribution >= 0.6 is 11.3 Å². The van der Waals surface area contributed by atoms with E-state index in [9.17, 15) is 4.79 Å². The number of aromatic nitrogens is 3. The zero-order chi connectivity index (χ0) is 16.8. The van der Waals surface area contributed by atoms with E-state index in [1.807, 2.05) is 31.2 Å². The molecule has 0 aliphatic rings. The van der Waals surface area contributed by atoms with Crippen molar-refractivity contribution in [1.82, 2.24) is 14.6 Å². The summed E-state index contributed by atoms with van der Waals surface area (Å²) < 4.78 is 1.37. The molecule has 0 saturated heterocycles. The minimum Gasteiger partial charge on any atom is -0.330 e. The quantitative estimate of drug-likeness (QED) is 0.602. The molecule has 0 aliphatic heterocycles. The van der Waals surface area contributed by atoms with E-state index in [-0.39, 0.29) is 5.56 Å². The fourth-order valence-corrected chi connectivity index (χ4v) is 3.43. The van der Waals surface area contributed by atoms with Crippen LogP contribution in [0.5, 0.6) is 0 Å². The zero-order valence-corrected chi connectivity index (χ0v) is 14.4. The van der Waals surface area contributed by atoms with Crippen LogP contribution < -0.4 is 10.9 Å². The fourth-order valence-electron chi connectivity index (χ4n) is 2.62. The summed E-state index contributed by atoms with van der Waals surface area (Å²) in [6, 6.07) is 11.8. The molecule has 0 fully saturated rings. The average Bonchev–Trinajstić information content (AvgIpc) is 2.95. The maximum atomic E-state index is 12.6. The Balaban J connectivity index is 1.83. The van der Waals surface area contributed by atoms with Crippen molar-refractivity contribution in [3.05, 3.63) is 63.4 Å². The highest BCUT2D eigenvalue weighted by molar-refractivity contribution is 7.20. The molecule has 2 aromatic heterocycles. The van der Waals surface area contributed by atoms with Crippen molar-refractivity contribution in [3.63, 3.8) is 0 Å². The van der Waals surface area contributed by atoms with Crippen molar-refractivity contribution in [2.45, 2.75) is 20.8 Å². The largest absolute Gasteiger partial charge is 0.330 e. The predicted octanol–water partition coefficient (Wildman–Crippen LogP) is 3.97. The molecule has 0 aliphatic carbocycles. The minimum atomic E-state index is -0.136. The van der Waals surface area contributed by atoms with E-state index in [2.05, 4.69) is 41.4 Å². The fraction of sp³-hybridized carbons (Fsp3) is 0.167. The van der Waals surface area contributed by atoms with Crippen LogP contribution in [0.2, 0.25) is 0 Å². The van der Waals surface area contributed by atoms with Gasteiger partial charge in [0.15, 0.2) is 0 Å². The van der Waals surface area contributed by atoms with Crippen molar-refractivity contribution in [2.24, 2.45) is 0 Å². The van der Waals surface area contributed by atoms with Crippen LogP contribution in [0, 0.1) is 20.8 Å². The van der Waals surface area contributed by atoms with E-state index >= 15 is 0 Å². The molecule has 0 bridgehead atoms. The van der Waals surface area contributed by atoms with E-state index < -0.39 is 0 Å². The molecule has 120 valence electrons. The summed E-state index contributed by atoms with van der Waals surface area (Å²) in [4.78, 5) is 17.8. The molecule has 0 unspecified atom stereocenters. The Kier molecular flexibility index (Phi) is 3.35. The molecular weight excluding hydrogens is 320 g/mol. The Morgan fingerprint density at radius 2 is 1.88 bits per heavy atom. The number of nitrogens with one attached hydrogen (secondary N) is 1. The van der Waals surface area contributed by atoms with Gasteiger partial charge in [-0.25, -0.2) is 4.98 Å². The molecule has 24 heavy (non-hydrogen) atoms. The molecule has 1 N–H and O–H groups in total. The van der Waals surface area contributed by atoms with Gasteiger partial charge >= 0.3 is 0 Å². The van der Waals surface area contributed by atoms with Crippen molar-refractivity contribution < 1.29 is 0 Å². The van der Waals surface area contributed by atoms with Crippen molar-refractivity contribution in [2.75, 3.05) is 5.32 Å². The average molecular weight is 336 g/mol. The molecule has 0 atom stereocenters. The number of fused-ring (bicyclic) bond motifs is 2. The molecule has 0 amide bonds. The lowest BCUT2D eigenvalue weighted by Crippen LogP contribution is -2.15. The standard InChI is InChI=1S/C18H16N4OS/c1-10-4-7-15-14(8-10)16(23)22-18(20-15)24-17(21-22)19-13-6-5-11(2)12(3)9-13/h4-9H,1-3H3,(H,19,21). The lowest BCUT2D eigenvalue weighted by atomic mass is 10.1. The summed E-state index contributed by atoms with van der Waals surface area (Å²) in [6.45, 7) is 6.11. The number of nitrogens with zero attached hydrogens (tertiary/aromatic N) is 3. The summed E-state index contributed by atoms with van der Waals surface area (Å²) in [5, 5.41) is 8.89. The number of benzene rings is 2. The van der Waals surface area contributed by atoms with Crippen LogP contribution in [0.1, 0.15) is 16.7 Å². The Morgan fingerprint density at radius 1 is 1.04 bits per heavy atom. The van der Waals surface area contributed by atoms with Gasteiger partial charge in [0.05, 0.1) is 10.9 Å². The Morgan fingerprint density at radius 3 is 2.67 bits per heavy atom. The normalized spacial score (nSPS) is 11.3. The molecular formula is C18H16N4OS. The van der Waals surface area contributed by atoms with Gasteiger partial charge in [0.1, 0.15) is 0 Å². The summed E-state index contributed by atoms with van der Waals surface area (Å²) in [7, 11) is 0. The summed E-state index contributed by atoms with van der Waals surface area (Å²) in [5.41, 5.74) is 4.99. The van der Waals surface area contributed by atoms with Gasteiger partial charge in [-0.2, -0.15) is 4.52 Å². The predicted molar refractivity (Wildman–Crippen MR) is 98.6 cm³/mol. The lowest BCUT2D eigenvalue weighted by molar-refractivity contribution is 0.919. The highest BCUT2D eigenvalue weighted by Crippen LogP contribution is 2.24. The first-order valence-corrected chi connectivity index (χ1v) is 8.47. The lowest BCUT2D eigenvalue weighted by Gasteiger charge is -2.05. The molecule has 5 nitrogen and oxygen atoms in total. The Labute approximate surface area is 142 Å². The van der Waals surface area contributed by atoms with E-state index in [1.54, 1.807) is 0 Å². The van der Waals surface area contributed by atoms with Crippen LogP contribution in [-0.4, -0.2) is 14.6 Å². The highest BCUT2D eigenvalue weighted by atomic mass is 32.1. The summed E-state index contributed by atoms with van der Waals surface area (Å²) in [5.74, 6) is 0. The van der Waals surface area contributed by atoms with Gasteiger partial charge in [0, 0.05) is 5.69 Å². The third-order valence-electron chi connectivity index (χ3n) is 4.11. The maximum Gasteiger partial charge on any atom is 0.283 e. The molecule has 0 saturated carbocycles. The van der Waals surface area contributed by atoms with Crippen molar-refractivity contribution in [1.29, 1.82) is 0 Å². The SMILES string of the molecule is Cc1ccc2nc3sc(Nc4ccc(C)c(C)c4)nn3c(=O)c2c1. The summed E-state index contributed by atoms with van der Waals surface area (Å²) in [6.07, 6.45) is 0. The van der Waals surface area contributed by atoms with Crippen molar-refractivity contribution in [3.8, 4) is 0 Å². The first kappa shape index (κ1) is 14.8. The van der Waals surface area contributed by atoms with Gasteiger partial charge in [-0.15, -0.1) is 5.10 Å². The van der Waals surface area contributed by atoms with Gasteiger partial charge < -0.3 is 5.32 Å². The molecule has 0 radical (unpaired) electrons. The first-order chi connectivity index (χ1) is 11.5. The molecule has 2 aromatic carbocycles. The first-order valence-electron chi connectivity index (χ1n) is 7.66. The van der Waals surface area contributed by atoms with Crippen molar-refractivity contribution >= 4 is 38.0 Å². The summed E-state index contributed by atoms with van der Waals surface area (Å²) >= 11 is 1.36. The van der Waals surface area contributed by atoms with Crippen LogP contribution in [0.4, 0.5) is 10.8 Å². The van der Waals surface area contributed by atoms with Crippen LogP contribution in [0.3, 0.4) is 0 Å². The van der Waals surface area contributed by atoms with E-state index in [0.29, 0.717) is 21.0 Å². The Hall–Kier alpha value is -2.73. The minimum absolute atomic E-state index is 0.136. The van der Waals surface area contributed by atoms with Gasteiger partial charge in [0.25, 0.3) is 5.56 Å². The molecule has 4 aromatic rings. The number of hydrogen-bond donors (Lipinski definition) is 1. The van der Waals surface area contributed by atoms with Gasteiger partial charge in [-0.1, -0.05) is 29.0 Å². The van der Waals surface area contributed by atoms with Gasteiger partial charge in [0.2, 0.25) is 10.1 Å².